The fourth-order valence-corrected chi connectivity index (χ4v) is 3.06. The minimum Gasteiger partial charge on any atom is -0.341 e. The van der Waals surface area contributed by atoms with Gasteiger partial charge in [0.2, 0.25) is 5.91 Å². The highest BCUT2D eigenvalue weighted by atomic mass is 19.1. The lowest BCUT2D eigenvalue weighted by Gasteiger charge is -2.31. The Kier molecular flexibility index (Phi) is 3.46. The lowest BCUT2D eigenvalue weighted by atomic mass is 10.0. The van der Waals surface area contributed by atoms with Gasteiger partial charge in [-0.1, -0.05) is 0 Å². The number of likely N-dealkylation sites (tertiary alicyclic amines) is 1. The van der Waals surface area contributed by atoms with Crippen LogP contribution in [0.2, 0.25) is 0 Å². The van der Waals surface area contributed by atoms with Crippen LogP contribution in [0.1, 0.15) is 30.7 Å². The number of carbonyl (C=O) groups excluding carboxylic acids is 1. The van der Waals surface area contributed by atoms with E-state index < -0.39 is 11.6 Å². The summed E-state index contributed by atoms with van der Waals surface area (Å²) < 4.78 is 26.9. The van der Waals surface area contributed by atoms with Gasteiger partial charge < -0.3 is 10.6 Å². The third kappa shape index (κ3) is 2.54. The number of halogens is 2. The number of piperidine rings is 1. The van der Waals surface area contributed by atoms with Gasteiger partial charge in [-0.05, 0) is 48.9 Å². The summed E-state index contributed by atoms with van der Waals surface area (Å²) in [4.78, 5) is 14.1. The quantitative estimate of drug-likeness (QED) is 0.901. The molecule has 1 aliphatic carbocycles. The third-order valence-electron chi connectivity index (χ3n) is 4.23. The Morgan fingerprint density at radius 2 is 2.15 bits per heavy atom. The van der Waals surface area contributed by atoms with Gasteiger partial charge in [-0.3, -0.25) is 4.79 Å². The largest absolute Gasteiger partial charge is 0.341 e. The molecule has 1 aliphatic heterocycles. The smallest absolute Gasteiger partial charge is 0.226 e. The van der Waals surface area contributed by atoms with Gasteiger partial charge >= 0.3 is 0 Å². The first-order valence-corrected chi connectivity index (χ1v) is 7.05. The van der Waals surface area contributed by atoms with E-state index in [4.69, 9.17) is 5.73 Å². The SMILES string of the molecule is N[C@@H]1CCCN(C(=O)[C@H]2C[C@H]2c2cc(F)ccc2F)C1. The average Bonchev–Trinajstić information content (AvgIpc) is 3.21. The molecule has 0 spiro atoms. The Balaban J connectivity index is 1.69. The van der Waals surface area contributed by atoms with Crippen molar-refractivity contribution in [3.63, 3.8) is 0 Å². The topological polar surface area (TPSA) is 46.3 Å². The zero-order valence-electron chi connectivity index (χ0n) is 11.2. The van der Waals surface area contributed by atoms with E-state index >= 15 is 0 Å². The Bertz CT molecular complexity index is 535. The van der Waals surface area contributed by atoms with Crippen LogP contribution in [0.5, 0.6) is 0 Å². The molecule has 1 amide bonds. The molecule has 108 valence electrons. The van der Waals surface area contributed by atoms with Crippen LogP contribution in [0.3, 0.4) is 0 Å². The lowest BCUT2D eigenvalue weighted by Crippen LogP contribution is -2.46. The third-order valence-corrected chi connectivity index (χ3v) is 4.23. The van der Waals surface area contributed by atoms with Crippen LogP contribution in [0.25, 0.3) is 0 Å². The van der Waals surface area contributed by atoms with E-state index in [0.717, 1.165) is 31.5 Å². The molecule has 0 aromatic heterocycles. The molecule has 1 aromatic carbocycles. The predicted molar refractivity (Wildman–Crippen MR) is 71.0 cm³/mol. The summed E-state index contributed by atoms with van der Waals surface area (Å²) in [6, 6.07) is 3.47. The fraction of sp³-hybridized carbons (Fsp3) is 0.533. The van der Waals surface area contributed by atoms with Crippen LogP contribution in [-0.2, 0) is 4.79 Å². The van der Waals surface area contributed by atoms with Crippen molar-refractivity contribution in [3.05, 3.63) is 35.4 Å². The first-order valence-electron chi connectivity index (χ1n) is 7.05. The molecule has 2 aliphatic rings. The van der Waals surface area contributed by atoms with Crippen LogP contribution in [0, 0.1) is 17.6 Å². The van der Waals surface area contributed by atoms with Gasteiger partial charge in [-0.25, -0.2) is 8.78 Å². The highest BCUT2D eigenvalue weighted by molar-refractivity contribution is 5.83. The predicted octanol–water partition coefficient (Wildman–Crippen LogP) is 2.02. The minimum absolute atomic E-state index is 0.0359. The van der Waals surface area contributed by atoms with Gasteiger partial charge in [-0.2, -0.15) is 0 Å². The summed E-state index contributed by atoms with van der Waals surface area (Å²) >= 11 is 0. The molecule has 1 saturated carbocycles. The molecular weight excluding hydrogens is 262 g/mol. The summed E-state index contributed by atoms with van der Waals surface area (Å²) in [5, 5.41) is 0. The monoisotopic (exact) mass is 280 g/mol. The Morgan fingerprint density at radius 3 is 2.90 bits per heavy atom. The maximum Gasteiger partial charge on any atom is 0.226 e. The van der Waals surface area contributed by atoms with E-state index in [1.807, 2.05) is 0 Å². The summed E-state index contributed by atoms with van der Waals surface area (Å²) in [7, 11) is 0. The summed E-state index contributed by atoms with van der Waals surface area (Å²) in [5.74, 6) is -1.25. The van der Waals surface area contributed by atoms with Crippen LogP contribution >= 0.6 is 0 Å². The molecule has 2 fully saturated rings. The van der Waals surface area contributed by atoms with E-state index in [1.165, 1.54) is 6.07 Å². The molecular formula is C15H18F2N2O. The number of amides is 1. The Labute approximate surface area is 116 Å². The van der Waals surface area contributed by atoms with Gasteiger partial charge in [0, 0.05) is 25.0 Å². The molecule has 3 atom stereocenters. The van der Waals surface area contributed by atoms with E-state index in [0.29, 0.717) is 18.5 Å². The van der Waals surface area contributed by atoms with Gasteiger partial charge in [0.1, 0.15) is 11.6 Å². The van der Waals surface area contributed by atoms with Crippen LogP contribution in [-0.4, -0.2) is 29.9 Å². The molecule has 5 heteroatoms. The maximum absolute atomic E-state index is 13.7. The second kappa shape index (κ2) is 5.13. The van der Waals surface area contributed by atoms with E-state index in [2.05, 4.69) is 0 Å². The van der Waals surface area contributed by atoms with E-state index in [-0.39, 0.29) is 23.8 Å². The van der Waals surface area contributed by atoms with Crippen LogP contribution < -0.4 is 5.73 Å². The van der Waals surface area contributed by atoms with Crippen molar-refractivity contribution in [3.8, 4) is 0 Å². The Morgan fingerprint density at radius 1 is 1.35 bits per heavy atom. The zero-order valence-corrected chi connectivity index (χ0v) is 11.2. The normalized spacial score (nSPS) is 29.4. The van der Waals surface area contributed by atoms with E-state index in [1.54, 1.807) is 4.90 Å². The van der Waals surface area contributed by atoms with Gasteiger partial charge in [-0.15, -0.1) is 0 Å². The van der Waals surface area contributed by atoms with Crippen LogP contribution in [0.4, 0.5) is 8.78 Å². The van der Waals surface area contributed by atoms with Crippen molar-refractivity contribution in [2.75, 3.05) is 13.1 Å². The van der Waals surface area contributed by atoms with Crippen molar-refractivity contribution in [1.82, 2.24) is 4.90 Å². The first-order chi connectivity index (χ1) is 9.56. The molecule has 1 aromatic rings. The van der Waals surface area contributed by atoms with Gasteiger partial charge in [0.25, 0.3) is 0 Å². The minimum atomic E-state index is -0.459. The molecule has 3 rings (SSSR count). The molecule has 2 N–H and O–H groups in total. The number of hydrogen-bond donors (Lipinski definition) is 1. The Hall–Kier alpha value is -1.49. The average molecular weight is 280 g/mol. The summed E-state index contributed by atoms with van der Waals surface area (Å²) in [6.07, 6.45) is 2.46. The number of rotatable bonds is 2. The van der Waals surface area contributed by atoms with Crippen molar-refractivity contribution >= 4 is 5.91 Å². The number of benzene rings is 1. The highest BCUT2D eigenvalue weighted by Crippen LogP contribution is 2.49. The van der Waals surface area contributed by atoms with Gasteiger partial charge in [0.15, 0.2) is 0 Å². The summed E-state index contributed by atoms with van der Waals surface area (Å²) in [5.41, 5.74) is 6.19. The number of carbonyl (C=O) groups is 1. The van der Waals surface area contributed by atoms with Crippen molar-refractivity contribution < 1.29 is 13.6 Å². The maximum atomic E-state index is 13.7. The molecule has 0 radical (unpaired) electrons. The molecule has 1 saturated heterocycles. The second-order valence-electron chi connectivity index (χ2n) is 5.80. The van der Waals surface area contributed by atoms with Crippen LogP contribution in [0.15, 0.2) is 18.2 Å². The number of nitrogens with zero attached hydrogens (tertiary/aromatic N) is 1. The van der Waals surface area contributed by atoms with Crippen molar-refractivity contribution in [1.29, 1.82) is 0 Å². The zero-order chi connectivity index (χ0) is 14.3. The van der Waals surface area contributed by atoms with Gasteiger partial charge in [0.05, 0.1) is 0 Å². The second-order valence-corrected chi connectivity index (χ2v) is 5.80. The summed E-state index contributed by atoms with van der Waals surface area (Å²) in [6.45, 7) is 1.30. The lowest BCUT2D eigenvalue weighted by molar-refractivity contribution is -0.133. The molecule has 0 unspecified atom stereocenters. The molecule has 20 heavy (non-hydrogen) atoms. The molecule has 1 heterocycles. The first kappa shape index (κ1) is 13.5. The van der Waals surface area contributed by atoms with Crippen molar-refractivity contribution in [2.45, 2.75) is 31.2 Å². The molecule has 3 nitrogen and oxygen atoms in total. The van der Waals surface area contributed by atoms with Crippen molar-refractivity contribution in [2.24, 2.45) is 11.7 Å². The number of nitrogens with two attached hydrogens (primary N) is 1. The highest BCUT2D eigenvalue weighted by Gasteiger charge is 2.47. The standard InChI is InChI=1S/C15H18F2N2O/c16-9-3-4-14(17)12(6-9)11-7-13(11)15(20)19-5-1-2-10(18)8-19/h3-4,6,10-11,13H,1-2,5,7-8,18H2/t10-,11+,13+/m1/s1. The van der Waals surface area contributed by atoms with E-state index in [9.17, 15) is 13.6 Å². The fourth-order valence-electron chi connectivity index (χ4n) is 3.06. The molecule has 0 bridgehead atoms. The number of hydrogen-bond acceptors (Lipinski definition) is 2.